The highest BCUT2D eigenvalue weighted by molar-refractivity contribution is 7.16. The molecule has 1 aromatic heterocycles. The molecular formula is C20H21N3O4S. The summed E-state index contributed by atoms with van der Waals surface area (Å²) in [7, 11) is 0. The number of carbonyl (C=O) groups is 2. The number of amides is 2. The Balaban J connectivity index is 1.77. The predicted molar refractivity (Wildman–Crippen MR) is 106 cm³/mol. The maximum Gasteiger partial charge on any atom is 0.410 e. The van der Waals surface area contributed by atoms with E-state index in [1.54, 1.807) is 36.1 Å². The first-order valence-electron chi connectivity index (χ1n) is 9.07. The van der Waals surface area contributed by atoms with Gasteiger partial charge in [0.25, 0.3) is 5.91 Å². The summed E-state index contributed by atoms with van der Waals surface area (Å²) < 4.78 is 10.4. The number of thiophene rings is 1. The summed E-state index contributed by atoms with van der Waals surface area (Å²) >= 11 is 1.33. The zero-order valence-corrected chi connectivity index (χ0v) is 16.6. The van der Waals surface area contributed by atoms with Crippen LogP contribution in [0.4, 0.5) is 9.80 Å². The van der Waals surface area contributed by atoms with Gasteiger partial charge in [-0.3, -0.25) is 4.79 Å². The topological polar surface area (TPSA) is 91.7 Å². The molecule has 0 unspecified atom stereocenters. The van der Waals surface area contributed by atoms with E-state index >= 15 is 0 Å². The van der Waals surface area contributed by atoms with Gasteiger partial charge < -0.3 is 19.7 Å². The Hall–Kier alpha value is -3.05. The van der Waals surface area contributed by atoms with Gasteiger partial charge in [0.1, 0.15) is 16.8 Å². The van der Waals surface area contributed by atoms with Gasteiger partial charge in [0.05, 0.1) is 25.3 Å². The third kappa shape index (κ3) is 4.10. The van der Waals surface area contributed by atoms with Crippen molar-refractivity contribution in [3.63, 3.8) is 0 Å². The van der Waals surface area contributed by atoms with Gasteiger partial charge in [-0.25, -0.2) is 4.79 Å². The molecule has 0 fully saturated rings. The number of hydrogen-bond acceptors (Lipinski definition) is 6. The quantitative estimate of drug-likeness (QED) is 0.826. The molecule has 3 rings (SSSR count). The van der Waals surface area contributed by atoms with Gasteiger partial charge in [0, 0.05) is 17.0 Å². The minimum atomic E-state index is -0.361. The number of nitrogens with one attached hydrogen (secondary N) is 1. The van der Waals surface area contributed by atoms with Crippen LogP contribution in [0.1, 0.15) is 40.2 Å². The van der Waals surface area contributed by atoms with Crippen LogP contribution in [0.5, 0.6) is 5.75 Å². The summed E-state index contributed by atoms with van der Waals surface area (Å²) in [6.45, 7) is 5.41. The van der Waals surface area contributed by atoms with E-state index in [-0.39, 0.29) is 12.0 Å². The van der Waals surface area contributed by atoms with E-state index in [9.17, 15) is 14.9 Å². The minimum absolute atomic E-state index is 0.291. The summed E-state index contributed by atoms with van der Waals surface area (Å²) in [5.41, 5.74) is 1.85. The number of hydrogen-bond donors (Lipinski definition) is 1. The lowest BCUT2D eigenvalue weighted by Gasteiger charge is -2.25. The van der Waals surface area contributed by atoms with E-state index < -0.39 is 0 Å². The van der Waals surface area contributed by atoms with E-state index in [4.69, 9.17) is 9.47 Å². The molecule has 0 atom stereocenters. The molecule has 0 bridgehead atoms. The van der Waals surface area contributed by atoms with Crippen LogP contribution < -0.4 is 10.1 Å². The maximum atomic E-state index is 12.6. The van der Waals surface area contributed by atoms with Gasteiger partial charge in [-0.05, 0) is 50.1 Å². The van der Waals surface area contributed by atoms with Crippen LogP contribution in [0.15, 0.2) is 24.3 Å². The molecule has 0 radical (unpaired) electrons. The number of anilines is 1. The van der Waals surface area contributed by atoms with Crippen LogP contribution in [-0.4, -0.2) is 36.7 Å². The zero-order valence-electron chi connectivity index (χ0n) is 15.8. The highest BCUT2D eigenvalue weighted by Crippen LogP contribution is 2.37. The average Bonchev–Trinajstić information content (AvgIpc) is 3.05. The fourth-order valence-corrected chi connectivity index (χ4v) is 4.23. The summed E-state index contributed by atoms with van der Waals surface area (Å²) in [4.78, 5) is 27.1. The molecule has 146 valence electrons. The molecule has 28 heavy (non-hydrogen) atoms. The molecule has 1 N–H and O–H groups in total. The molecule has 2 heterocycles. The van der Waals surface area contributed by atoms with Crippen LogP contribution in [-0.2, 0) is 17.7 Å². The number of nitriles is 1. The summed E-state index contributed by atoms with van der Waals surface area (Å²) in [5.74, 6) is 0.405. The van der Waals surface area contributed by atoms with Crippen molar-refractivity contribution in [2.45, 2.75) is 26.8 Å². The van der Waals surface area contributed by atoms with E-state index in [0.717, 1.165) is 10.4 Å². The van der Waals surface area contributed by atoms with Gasteiger partial charge in [-0.15, -0.1) is 11.3 Å². The standard InChI is InChI=1S/C20H21N3O4S/c1-3-26-14-7-5-13(6-8-14)18(24)22-19-16(11-21)15-9-10-23(12-17(15)28-19)20(25)27-4-2/h5-8H,3-4,9-10,12H2,1-2H3,(H,22,24). The van der Waals surface area contributed by atoms with Gasteiger partial charge in [0.2, 0.25) is 0 Å². The summed E-state index contributed by atoms with van der Waals surface area (Å²) in [6.07, 6.45) is 0.201. The number of fused-ring (bicyclic) bond motifs is 1. The fourth-order valence-electron chi connectivity index (χ4n) is 3.02. The molecule has 0 saturated carbocycles. The molecule has 0 saturated heterocycles. The number of benzene rings is 1. The Kier molecular flexibility index (Phi) is 6.16. The first-order valence-corrected chi connectivity index (χ1v) is 9.89. The molecule has 1 aliphatic heterocycles. The molecule has 2 amide bonds. The largest absolute Gasteiger partial charge is 0.494 e. The van der Waals surface area contributed by atoms with Crippen LogP contribution in [0.25, 0.3) is 0 Å². The second kappa shape index (κ2) is 8.76. The van der Waals surface area contributed by atoms with Gasteiger partial charge in [-0.2, -0.15) is 5.26 Å². The normalized spacial score (nSPS) is 12.7. The molecule has 1 aliphatic rings. The first-order chi connectivity index (χ1) is 13.6. The van der Waals surface area contributed by atoms with Crippen molar-refractivity contribution in [2.75, 3.05) is 25.1 Å². The maximum absolute atomic E-state index is 12.6. The van der Waals surface area contributed by atoms with Crippen LogP contribution >= 0.6 is 11.3 Å². The highest BCUT2D eigenvalue weighted by Gasteiger charge is 2.28. The Morgan fingerprint density at radius 2 is 2.00 bits per heavy atom. The highest BCUT2D eigenvalue weighted by atomic mass is 32.1. The van der Waals surface area contributed by atoms with Crippen molar-refractivity contribution in [1.29, 1.82) is 5.26 Å². The van der Waals surface area contributed by atoms with Crippen molar-refractivity contribution in [2.24, 2.45) is 0 Å². The van der Waals surface area contributed by atoms with Crippen LogP contribution in [0, 0.1) is 11.3 Å². The summed E-state index contributed by atoms with van der Waals surface area (Å²) in [5, 5.41) is 12.9. The third-order valence-electron chi connectivity index (χ3n) is 4.35. The molecule has 8 heteroatoms. The lowest BCUT2D eigenvalue weighted by molar-refractivity contribution is 0.102. The van der Waals surface area contributed by atoms with Crippen molar-refractivity contribution in [1.82, 2.24) is 4.90 Å². The zero-order chi connectivity index (χ0) is 20.1. The first kappa shape index (κ1) is 19.7. The molecule has 2 aromatic rings. The van der Waals surface area contributed by atoms with Gasteiger partial charge in [0.15, 0.2) is 0 Å². The lowest BCUT2D eigenvalue weighted by atomic mass is 10.0. The number of ether oxygens (including phenoxy) is 2. The Bertz CT molecular complexity index is 915. The lowest BCUT2D eigenvalue weighted by Crippen LogP contribution is -2.35. The van der Waals surface area contributed by atoms with Crippen molar-refractivity contribution in [3.05, 3.63) is 45.8 Å². The van der Waals surface area contributed by atoms with Crippen molar-refractivity contribution in [3.8, 4) is 11.8 Å². The number of carbonyl (C=O) groups excluding carboxylic acids is 2. The smallest absolute Gasteiger partial charge is 0.410 e. The van der Waals surface area contributed by atoms with Crippen molar-refractivity contribution >= 4 is 28.3 Å². The minimum Gasteiger partial charge on any atom is -0.494 e. The Labute approximate surface area is 167 Å². The van der Waals surface area contributed by atoms with Crippen molar-refractivity contribution < 1.29 is 19.1 Å². The second-order valence-electron chi connectivity index (χ2n) is 6.10. The fraction of sp³-hybridized carbons (Fsp3) is 0.350. The van der Waals surface area contributed by atoms with Crippen LogP contribution in [0.3, 0.4) is 0 Å². The molecule has 0 aliphatic carbocycles. The average molecular weight is 399 g/mol. The van der Waals surface area contributed by atoms with Gasteiger partial charge in [-0.1, -0.05) is 0 Å². The Morgan fingerprint density at radius 3 is 2.64 bits per heavy atom. The van der Waals surface area contributed by atoms with E-state index in [0.29, 0.717) is 54.6 Å². The number of rotatable bonds is 5. The third-order valence-corrected chi connectivity index (χ3v) is 5.48. The van der Waals surface area contributed by atoms with E-state index in [1.807, 2.05) is 6.92 Å². The van der Waals surface area contributed by atoms with E-state index in [2.05, 4.69) is 11.4 Å². The SMILES string of the molecule is CCOC(=O)N1CCc2c(sc(NC(=O)c3ccc(OCC)cc3)c2C#N)C1. The molecule has 0 spiro atoms. The second-order valence-corrected chi connectivity index (χ2v) is 7.21. The molecule has 7 nitrogen and oxygen atoms in total. The van der Waals surface area contributed by atoms with Crippen LogP contribution in [0.2, 0.25) is 0 Å². The van der Waals surface area contributed by atoms with E-state index in [1.165, 1.54) is 11.3 Å². The predicted octanol–water partition coefficient (Wildman–Crippen LogP) is 3.79. The Morgan fingerprint density at radius 1 is 1.25 bits per heavy atom. The summed E-state index contributed by atoms with van der Waals surface area (Å²) in [6, 6.07) is 9.04. The monoisotopic (exact) mass is 399 g/mol. The molecule has 1 aromatic carbocycles. The molecular weight excluding hydrogens is 378 g/mol. The number of nitrogens with zero attached hydrogens (tertiary/aromatic N) is 2. The van der Waals surface area contributed by atoms with Gasteiger partial charge >= 0.3 is 6.09 Å².